The monoisotopic (exact) mass is 344 g/mol. The van der Waals surface area contributed by atoms with Crippen molar-refractivity contribution < 1.29 is 14.0 Å². The summed E-state index contributed by atoms with van der Waals surface area (Å²) in [5, 5.41) is 0.175. The molecule has 136 valence electrons. The second kappa shape index (κ2) is 7.11. The van der Waals surface area contributed by atoms with E-state index in [2.05, 4.69) is 33.9 Å². The highest BCUT2D eigenvalue weighted by Gasteiger charge is 2.42. The fourth-order valence-corrected chi connectivity index (χ4v) is 3.86. The van der Waals surface area contributed by atoms with Crippen LogP contribution < -0.4 is 5.73 Å². The Morgan fingerprint density at radius 3 is 2.22 bits per heavy atom. The van der Waals surface area contributed by atoms with Crippen molar-refractivity contribution in [2.24, 2.45) is 11.7 Å². The Bertz CT molecular complexity index is 413. The molecule has 1 amide bonds. The third-order valence-corrected chi connectivity index (χ3v) is 9.38. The summed E-state index contributed by atoms with van der Waals surface area (Å²) in [6, 6.07) is 0. The van der Waals surface area contributed by atoms with Gasteiger partial charge in [-0.3, -0.25) is 0 Å². The maximum atomic E-state index is 12.3. The molecule has 2 atom stereocenters. The van der Waals surface area contributed by atoms with Gasteiger partial charge in [-0.25, -0.2) is 4.79 Å². The van der Waals surface area contributed by atoms with Crippen LogP contribution >= 0.6 is 0 Å². The molecule has 1 rings (SSSR count). The molecule has 0 aromatic heterocycles. The number of carbonyl (C=O) groups is 1. The van der Waals surface area contributed by atoms with Crippen molar-refractivity contribution in [3.8, 4) is 0 Å². The molecule has 6 heteroatoms. The van der Waals surface area contributed by atoms with Crippen LogP contribution in [0.5, 0.6) is 0 Å². The summed E-state index contributed by atoms with van der Waals surface area (Å²) < 4.78 is 12.0. The number of nitrogens with zero attached hydrogens (tertiary/aromatic N) is 1. The molecule has 0 spiro atoms. The van der Waals surface area contributed by atoms with Crippen molar-refractivity contribution in [2.75, 3.05) is 19.6 Å². The lowest BCUT2D eigenvalue weighted by Gasteiger charge is -2.45. The average Bonchev–Trinajstić information content (AvgIpc) is 2.35. The van der Waals surface area contributed by atoms with Crippen molar-refractivity contribution >= 4 is 14.4 Å². The number of nitrogens with two attached hydrogens (primary N) is 1. The van der Waals surface area contributed by atoms with Crippen molar-refractivity contribution in [2.45, 2.75) is 77.8 Å². The predicted octanol–water partition coefficient (Wildman–Crippen LogP) is 3.59. The van der Waals surface area contributed by atoms with Crippen LogP contribution in [0, 0.1) is 5.92 Å². The topological polar surface area (TPSA) is 64.8 Å². The Labute approximate surface area is 143 Å². The van der Waals surface area contributed by atoms with Gasteiger partial charge in [0.05, 0.1) is 6.10 Å². The lowest BCUT2D eigenvalue weighted by molar-refractivity contribution is -0.00360. The van der Waals surface area contributed by atoms with E-state index in [4.69, 9.17) is 14.9 Å². The van der Waals surface area contributed by atoms with Crippen LogP contribution in [-0.2, 0) is 9.16 Å². The quantitative estimate of drug-likeness (QED) is 0.795. The molecule has 1 aliphatic rings. The van der Waals surface area contributed by atoms with E-state index >= 15 is 0 Å². The fraction of sp³-hybridized carbons (Fsp3) is 0.941. The largest absolute Gasteiger partial charge is 0.444 e. The first-order chi connectivity index (χ1) is 10.3. The molecule has 0 radical (unpaired) electrons. The highest BCUT2D eigenvalue weighted by atomic mass is 28.4. The molecule has 0 aromatic rings. The number of carbonyl (C=O) groups excluding carboxylic acids is 1. The Kier molecular flexibility index (Phi) is 6.32. The van der Waals surface area contributed by atoms with Gasteiger partial charge in [-0.05, 0) is 51.9 Å². The van der Waals surface area contributed by atoms with Crippen molar-refractivity contribution in [3.05, 3.63) is 0 Å². The molecule has 5 nitrogen and oxygen atoms in total. The van der Waals surface area contributed by atoms with Crippen molar-refractivity contribution in [1.82, 2.24) is 4.90 Å². The van der Waals surface area contributed by atoms with Gasteiger partial charge in [0, 0.05) is 19.0 Å². The maximum absolute atomic E-state index is 12.3. The number of ether oxygens (including phenoxy) is 1. The first-order valence-electron chi connectivity index (χ1n) is 8.62. The van der Waals surface area contributed by atoms with Crippen LogP contribution in [0.15, 0.2) is 0 Å². The molecule has 1 saturated heterocycles. The molecule has 23 heavy (non-hydrogen) atoms. The Morgan fingerprint density at radius 2 is 1.78 bits per heavy atom. The van der Waals surface area contributed by atoms with Crippen LogP contribution in [-0.4, -0.2) is 50.6 Å². The number of rotatable bonds is 3. The summed E-state index contributed by atoms with van der Waals surface area (Å²) >= 11 is 0. The number of amides is 1. The van der Waals surface area contributed by atoms with Crippen LogP contribution in [0.1, 0.15) is 48.0 Å². The van der Waals surface area contributed by atoms with E-state index in [1.54, 1.807) is 4.90 Å². The predicted molar refractivity (Wildman–Crippen MR) is 97.0 cm³/mol. The van der Waals surface area contributed by atoms with Gasteiger partial charge in [-0.15, -0.1) is 0 Å². The second-order valence-corrected chi connectivity index (χ2v) is 13.9. The summed E-state index contributed by atoms with van der Waals surface area (Å²) in [5.74, 6) is 0.172. The minimum atomic E-state index is -1.83. The molecule has 2 N–H and O–H groups in total. The number of likely N-dealkylation sites (tertiary alicyclic amines) is 1. The zero-order valence-electron chi connectivity index (χ0n) is 16.2. The van der Waals surface area contributed by atoms with Gasteiger partial charge in [-0.1, -0.05) is 20.8 Å². The maximum Gasteiger partial charge on any atom is 0.410 e. The zero-order chi connectivity index (χ0) is 18.1. The van der Waals surface area contributed by atoms with E-state index in [0.29, 0.717) is 19.6 Å². The van der Waals surface area contributed by atoms with Gasteiger partial charge in [-0.2, -0.15) is 0 Å². The van der Waals surface area contributed by atoms with Crippen LogP contribution in [0.3, 0.4) is 0 Å². The second-order valence-electron chi connectivity index (χ2n) is 9.13. The summed E-state index contributed by atoms with van der Waals surface area (Å²) in [4.78, 5) is 14.0. The standard InChI is InChI=1S/C17H36N2O3Si/c1-16(2,3)21-15(20)19-10-9-14(13(11-18)12-19)22-23(7,8)17(4,5)6/h13-14H,9-12,18H2,1-8H3/t13-,14-/m1/s1. The summed E-state index contributed by atoms with van der Waals surface area (Å²) in [6.07, 6.45) is 0.717. The molecule has 0 bridgehead atoms. The fourth-order valence-electron chi connectivity index (χ4n) is 2.44. The minimum Gasteiger partial charge on any atom is -0.444 e. The molecule has 0 saturated carbocycles. The van der Waals surface area contributed by atoms with E-state index in [1.165, 1.54) is 0 Å². The minimum absolute atomic E-state index is 0.138. The van der Waals surface area contributed by atoms with Gasteiger partial charge >= 0.3 is 6.09 Å². The average molecular weight is 345 g/mol. The Hall–Kier alpha value is -0.593. The van der Waals surface area contributed by atoms with Gasteiger partial charge in [0.2, 0.25) is 0 Å². The molecule has 0 aliphatic carbocycles. The molecule has 1 fully saturated rings. The molecule has 0 aromatic carbocycles. The van der Waals surface area contributed by atoms with E-state index in [0.717, 1.165) is 6.42 Å². The SMILES string of the molecule is CC(C)(C)OC(=O)N1CC[C@@H](O[Si](C)(C)C(C)(C)C)[C@H](CN)C1. The molecule has 1 heterocycles. The van der Waals surface area contributed by atoms with Gasteiger partial charge in [0.1, 0.15) is 5.60 Å². The molecular formula is C17H36N2O3Si. The van der Waals surface area contributed by atoms with Gasteiger partial charge < -0.3 is 19.8 Å². The first-order valence-corrected chi connectivity index (χ1v) is 11.5. The van der Waals surface area contributed by atoms with Crippen LogP contribution in [0.25, 0.3) is 0 Å². The van der Waals surface area contributed by atoms with Gasteiger partial charge in [0.15, 0.2) is 8.32 Å². The van der Waals surface area contributed by atoms with E-state index < -0.39 is 13.9 Å². The van der Waals surface area contributed by atoms with Crippen molar-refractivity contribution in [3.63, 3.8) is 0 Å². The third kappa shape index (κ3) is 5.76. The number of piperidine rings is 1. The van der Waals surface area contributed by atoms with Crippen LogP contribution in [0.2, 0.25) is 18.1 Å². The van der Waals surface area contributed by atoms with Gasteiger partial charge in [0.25, 0.3) is 0 Å². The Balaban J connectivity index is 2.71. The highest BCUT2D eigenvalue weighted by Crippen LogP contribution is 2.39. The summed E-state index contributed by atoms with van der Waals surface area (Å²) in [5.41, 5.74) is 5.50. The van der Waals surface area contributed by atoms with E-state index in [9.17, 15) is 4.79 Å². The first kappa shape index (κ1) is 20.5. The summed E-state index contributed by atoms with van der Waals surface area (Å²) in [7, 11) is -1.83. The highest BCUT2D eigenvalue weighted by molar-refractivity contribution is 6.74. The third-order valence-electron chi connectivity index (χ3n) is 4.87. The lowest BCUT2D eigenvalue weighted by atomic mass is 9.95. The summed E-state index contributed by atoms with van der Waals surface area (Å²) in [6.45, 7) is 18.7. The molecular weight excluding hydrogens is 308 g/mol. The van der Waals surface area contributed by atoms with E-state index in [-0.39, 0.29) is 23.2 Å². The van der Waals surface area contributed by atoms with E-state index in [1.807, 2.05) is 20.8 Å². The lowest BCUT2D eigenvalue weighted by Crippen LogP contribution is -2.54. The zero-order valence-corrected chi connectivity index (χ0v) is 17.2. The Morgan fingerprint density at radius 1 is 1.22 bits per heavy atom. The normalized spacial score (nSPS) is 23.8. The number of hydrogen-bond acceptors (Lipinski definition) is 4. The molecule has 1 aliphatic heterocycles. The van der Waals surface area contributed by atoms with Crippen LogP contribution in [0.4, 0.5) is 4.79 Å². The number of hydrogen-bond donors (Lipinski definition) is 1. The van der Waals surface area contributed by atoms with Crippen molar-refractivity contribution in [1.29, 1.82) is 0 Å². The smallest absolute Gasteiger partial charge is 0.410 e. The molecule has 0 unspecified atom stereocenters.